The van der Waals surface area contributed by atoms with E-state index in [2.05, 4.69) is 42.2 Å². The lowest BCUT2D eigenvalue weighted by molar-refractivity contribution is -0.114. The molecule has 0 saturated carbocycles. The summed E-state index contributed by atoms with van der Waals surface area (Å²) in [5, 5.41) is 0. The summed E-state index contributed by atoms with van der Waals surface area (Å²) in [6.45, 7) is 5.90. The number of likely N-dealkylation sites (tertiary alicyclic amines) is 1. The molecule has 0 radical (unpaired) electrons. The van der Waals surface area contributed by atoms with Crippen LogP contribution in [-0.2, 0) is 11.2 Å². The van der Waals surface area contributed by atoms with Crippen LogP contribution in [0.15, 0.2) is 60.7 Å². The van der Waals surface area contributed by atoms with E-state index in [4.69, 9.17) is 4.74 Å². The van der Waals surface area contributed by atoms with E-state index in [9.17, 15) is 4.79 Å². The summed E-state index contributed by atoms with van der Waals surface area (Å²) in [5.74, 6) is 1.85. The van der Waals surface area contributed by atoms with E-state index in [1.807, 2.05) is 30.3 Å². The van der Waals surface area contributed by atoms with E-state index in [0.717, 1.165) is 49.9 Å². The van der Waals surface area contributed by atoms with Gasteiger partial charge in [0, 0.05) is 13.0 Å². The van der Waals surface area contributed by atoms with Crippen LogP contribution in [0.2, 0.25) is 0 Å². The van der Waals surface area contributed by atoms with Crippen molar-refractivity contribution in [3.05, 3.63) is 71.8 Å². The van der Waals surface area contributed by atoms with Gasteiger partial charge in [0.15, 0.2) is 5.78 Å². The summed E-state index contributed by atoms with van der Waals surface area (Å²) in [6, 6.07) is 18.7. The predicted molar refractivity (Wildman–Crippen MR) is 120 cm³/mol. The molecule has 0 atom stereocenters. The summed E-state index contributed by atoms with van der Waals surface area (Å²) in [4.78, 5) is 14.7. The highest BCUT2D eigenvalue weighted by atomic mass is 16.5. The second-order valence-corrected chi connectivity index (χ2v) is 7.94. The lowest BCUT2D eigenvalue weighted by Crippen LogP contribution is -2.35. The Hall–Kier alpha value is -2.39. The molecule has 0 spiro atoms. The van der Waals surface area contributed by atoms with Crippen molar-refractivity contribution in [1.82, 2.24) is 4.90 Å². The van der Waals surface area contributed by atoms with Crippen molar-refractivity contribution < 1.29 is 9.53 Å². The van der Waals surface area contributed by atoms with Gasteiger partial charge in [-0.3, -0.25) is 4.79 Å². The Kier molecular flexibility index (Phi) is 8.51. The molecule has 29 heavy (non-hydrogen) atoms. The van der Waals surface area contributed by atoms with Crippen molar-refractivity contribution in [1.29, 1.82) is 0 Å². The topological polar surface area (TPSA) is 29.5 Å². The average Bonchev–Trinajstić information content (AvgIpc) is 2.77. The Morgan fingerprint density at radius 2 is 1.79 bits per heavy atom. The maximum Gasteiger partial charge on any atom is 0.156 e. The van der Waals surface area contributed by atoms with Crippen molar-refractivity contribution in [2.75, 3.05) is 26.2 Å². The molecule has 2 aromatic rings. The molecule has 2 aromatic carbocycles. The molecule has 154 valence electrons. The molecule has 1 saturated heterocycles. The fourth-order valence-electron chi connectivity index (χ4n) is 3.80. The van der Waals surface area contributed by atoms with Gasteiger partial charge in [-0.05, 0) is 74.0 Å². The number of hydrogen-bond acceptors (Lipinski definition) is 3. The molecule has 3 rings (SSSR count). The third kappa shape index (κ3) is 7.51. The first kappa shape index (κ1) is 21.3. The van der Waals surface area contributed by atoms with Crippen molar-refractivity contribution >= 4 is 11.9 Å². The van der Waals surface area contributed by atoms with Crippen LogP contribution in [0.25, 0.3) is 6.08 Å². The van der Waals surface area contributed by atoms with Gasteiger partial charge >= 0.3 is 0 Å². The number of nitrogens with zero attached hydrogens (tertiary/aromatic N) is 1. The van der Waals surface area contributed by atoms with Gasteiger partial charge in [0.1, 0.15) is 5.75 Å². The van der Waals surface area contributed by atoms with Crippen LogP contribution in [0.4, 0.5) is 0 Å². The van der Waals surface area contributed by atoms with Crippen LogP contribution in [0.5, 0.6) is 5.75 Å². The molecule has 0 aliphatic carbocycles. The minimum atomic E-state index is 0.197. The van der Waals surface area contributed by atoms with E-state index in [0.29, 0.717) is 6.42 Å². The minimum Gasteiger partial charge on any atom is -0.494 e. The third-order valence-electron chi connectivity index (χ3n) is 5.56. The summed E-state index contributed by atoms with van der Waals surface area (Å²) >= 11 is 0. The van der Waals surface area contributed by atoms with Crippen molar-refractivity contribution in [3.63, 3.8) is 0 Å². The molecule has 3 nitrogen and oxygen atoms in total. The van der Waals surface area contributed by atoms with Gasteiger partial charge < -0.3 is 9.64 Å². The summed E-state index contributed by atoms with van der Waals surface area (Å²) in [6.07, 6.45) is 8.84. The van der Waals surface area contributed by atoms with Gasteiger partial charge in [-0.25, -0.2) is 0 Å². The van der Waals surface area contributed by atoms with Crippen LogP contribution in [0, 0.1) is 5.92 Å². The van der Waals surface area contributed by atoms with E-state index in [-0.39, 0.29) is 5.78 Å². The maximum absolute atomic E-state index is 12.2. The molecule has 1 heterocycles. The lowest BCUT2D eigenvalue weighted by Gasteiger charge is -2.31. The summed E-state index contributed by atoms with van der Waals surface area (Å²) in [5.41, 5.74) is 2.47. The van der Waals surface area contributed by atoms with Gasteiger partial charge in [0.2, 0.25) is 0 Å². The largest absolute Gasteiger partial charge is 0.494 e. The van der Waals surface area contributed by atoms with E-state index in [1.165, 1.54) is 24.8 Å². The lowest BCUT2D eigenvalue weighted by atomic mass is 9.90. The Labute approximate surface area is 175 Å². The monoisotopic (exact) mass is 391 g/mol. The molecule has 0 bridgehead atoms. The number of benzene rings is 2. The average molecular weight is 392 g/mol. The number of hydrogen-bond donors (Lipinski definition) is 0. The van der Waals surface area contributed by atoms with Crippen molar-refractivity contribution in [2.24, 2.45) is 5.92 Å². The van der Waals surface area contributed by atoms with Crippen LogP contribution in [-0.4, -0.2) is 36.9 Å². The Morgan fingerprint density at radius 1 is 1.07 bits per heavy atom. The SMILES string of the molecule is CCCOc1ccc(C=CC(=O)CCN2CCC(Cc3ccccc3)CC2)cc1. The Bertz CT molecular complexity index is 759. The minimum absolute atomic E-state index is 0.197. The third-order valence-corrected chi connectivity index (χ3v) is 5.56. The fraction of sp³-hybridized carbons (Fsp3) is 0.423. The smallest absolute Gasteiger partial charge is 0.156 e. The zero-order chi connectivity index (χ0) is 20.3. The quantitative estimate of drug-likeness (QED) is 0.508. The van der Waals surface area contributed by atoms with Crippen molar-refractivity contribution in [3.8, 4) is 5.75 Å². The van der Waals surface area contributed by atoms with Crippen LogP contribution in [0.1, 0.15) is 43.7 Å². The van der Waals surface area contributed by atoms with Gasteiger partial charge in [-0.15, -0.1) is 0 Å². The molecular weight excluding hydrogens is 358 g/mol. The molecule has 0 amide bonds. The Morgan fingerprint density at radius 3 is 2.48 bits per heavy atom. The van der Waals surface area contributed by atoms with Gasteiger partial charge in [-0.1, -0.05) is 55.5 Å². The Balaban J connectivity index is 1.35. The van der Waals surface area contributed by atoms with E-state index >= 15 is 0 Å². The molecule has 3 heteroatoms. The van der Waals surface area contributed by atoms with E-state index in [1.54, 1.807) is 6.08 Å². The number of piperidine rings is 1. The highest BCUT2D eigenvalue weighted by Crippen LogP contribution is 2.21. The number of carbonyl (C=O) groups excluding carboxylic acids is 1. The number of ether oxygens (including phenoxy) is 1. The molecular formula is C26H33NO2. The van der Waals surface area contributed by atoms with E-state index < -0.39 is 0 Å². The molecule has 1 aliphatic rings. The first-order chi connectivity index (χ1) is 14.2. The molecule has 0 N–H and O–H groups in total. The number of ketones is 1. The summed E-state index contributed by atoms with van der Waals surface area (Å²) in [7, 11) is 0. The van der Waals surface area contributed by atoms with Gasteiger partial charge in [-0.2, -0.15) is 0 Å². The maximum atomic E-state index is 12.2. The summed E-state index contributed by atoms with van der Waals surface area (Å²) < 4.78 is 5.59. The highest BCUT2D eigenvalue weighted by Gasteiger charge is 2.19. The molecule has 0 aromatic heterocycles. The standard InChI is InChI=1S/C26H33NO2/c1-2-20-29-26-12-9-22(10-13-26)8-11-25(28)16-19-27-17-14-24(15-18-27)21-23-6-4-3-5-7-23/h3-13,24H,2,14-21H2,1H3. The predicted octanol–water partition coefficient (Wildman–Crippen LogP) is 5.40. The van der Waals surface area contributed by atoms with Gasteiger partial charge in [0.05, 0.1) is 6.61 Å². The number of allylic oxidation sites excluding steroid dienone is 1. The zero-order valence-electron chi connectivity index (χ0n) is 17.6. The molecule has 0 unspecified atom stereocenters. The second-order valence-electron chi connectivity index (χ2n) is 7.94. The normalized spacial score (nSPS) is 15.6. The van der Waals surface area contributed by atoms with Crippen LogP contribution >= 0.6 is 0 Å². The first-order valence-electron chi connectivity index (χ1n) is 10.9. The number of rotatable bonds is 10. The fourth-order valence-corrected chi connectivity index (χ4v) is 3.80. The van der Waals surface area contributed by atoms with Crippen LogP contribution < -0.4 is 4.74 Å². The first-order valence-corrected chi connectivity index (χ1v) is 10.9. The zero-order valence-corrected chi connectivity index (χ0v) is 17.6. The number of carbonyl (C=O) groups is 1. The molecule has 1 fully saturated rings. The van der Waals surface area contributed by atoms with Crippen molar-refractivity contribution in [2.45, 2.75) is 39.0 Å². The second kappa shape index (κ2) is 11.6. The molecule has 1 aliphatic heterocycles. The van der Waals surface area contributed by atoms with Gasteiger partial charge in [0.25, 0.3) is 0 Å². The van der Waals surface area contributed by atoms with Crippen LogP contribution in [0.3, 0.4) is 0 Å². The highest BCUT2D eigenvalue weighted by molar-refractivity contribution is 5.93.